The number of carbonyl (C=O) groups excluding carboxylic acids is 1. The molecule has 0 fully saturated rings. The number of rotatable bonds is 3. The summed E-state index contributed by atoms with van der Waals surface area (Å²) in [6.45, 7) is 0. The van der Waals surface area contributed by atoms with Gasteiger partial charge in [0.15, 0.2) is 0 Å². The van der Waals surface area contributed by atoms with Crippen LogP contribution in [0.25, 0.3) is 0 Å². The monoisotopic (exact) mass is 280 g/mol. The Balaban J connectivity index is 2.15. The first-order chi connectivity index (χ1) is 9.08. The summed E-state index contributed by atoms with van der Waals surface area (Å²) >= 11 is 5.69. The van der Waals surface area contributed by atoms with E-state index in [1.165, 1.54) is 24.4 Å². The highest BCUT2D eigenvalue weighted by Gasteiger charge is 2.08. The van der Waals surface area contributed by atoms with Crippen LogP contribution in [-0.2, 0) is 0 Å². The van der Waals surface area contributed by atoms with Crippen molar-refractivity contribution in [1.82, 2.24) is 4.98 Å². The van der Waals surface area contributed by atoms with Crippen LogP contribution in [0.2, 0.25) is 5.02 Å². The van der Waals surface area contributed by atoms with Gasteiger partial charge in [-0.15, -0.1) is 0 Å². The molecule has 0 unspecified atom stereocenters. The van der Waals surface area contributed by atoms with E-state index in [0.29, 0.717) is 5.69 Å². The van der Waals surface area contributed by atoms with E-state index in [-0.39, 0.29) is 16.4 Å². The van der Waals surface area contributed by atoms with Crippen LogP contribution in [0.4, 0.5) is 15.8 Å². The molecule has 0 aliphatic rings. The Hall–Kier alpha value is -2.18. The molecule has 0 saturated heterocycles. The fourth-order valence-electron chi connectivity index (χ4n) is 1.43. The Kier molecular flexibility index (Phi) is 3.94. The maximum Gasteiger partial charge on any atom is 0.274 e. The minimum absolute atomic E-state index is 0.180. The number of anilines is 2. The molecule has 0 atom stereocenters. The molecule has 0 saturated carbocycles. The molecular formula is C12H10ClFN4O. The quantitative estimate of drug-likeness (QED) is 0.596. The summed E-state index contributed by atoms with van der Waals surface area (Å²) in [5.74, 6) is 4.19. The average molecular weight is 281 g/mol. The molecule has 2 rings (SSSR count). The molecule has 2 aromatic rings. The molecule has 4 N–H and O–H groups in total. The molecule has 0 radical (unpaired) electrons. The van der Waals surface area contributed by atoms with E-state index in [1.54, 1.807) is 6.07 Å². The molecule has 0 spiro atoms. The largest absolute Gasteiger partial charge is 0.323 e. The van der Waals surface area contributed by atoms with Crippen molar-refractivity contribution in [2.24, 2.45) is 5.84 Å². The lowest BCUT2D eigenvalue weighted by Gasteiger charge is -2.06. The summed E-state index contributed by atoms with van der Waals surface area (Å²) in [7, 11) is 0. The van der Waals surface area contributed by atoms with Crippen LogP contribution in [-0.4, -0.2) is 10.9 Å². The van der Waals surface area contributed by atoms with Crippen molar-refractivity contribution in [3.63, 3.8) is 0 Å². The predicted octanol–water partition coefficient (Wildman–Crippen LogP) is 2.41. The third kappa shape index (κ3) is 3.40. The molecule has 1 aromatic heterocycles. The number of hydrogen-bond acceptors (Lipinski definition) is 4. The van der Waals surface area contributed by atoms with Crippen LogP contribution < -0.4 is 16.6 Å². The van der Waals surface area contributed by atoms with Crippen LogP contribution in [0.1, 0.15) is 10.5 Å². The van der Waals surface area contributed by atoms with Crippen molar-refractivity contribution in [3.8, 4) is 0 Å². The fourth-order valence-corrected chi connectivity index (χ4v) is 1.66. The van der Waals surface area contributed by atoms with Crippen molar-refractivity contribution in [2.45, 2.75) is 0 Å². The Morgan fingerprint density at radius 1 is 1.26 bits per heavy atom. The van der Waals surface area contributed by atoms with E-state index in [4.69, 9.17) is 17.4 Å². The number of nitrogens with one attached hydrogen (secondary N) is 2. The highest BCUT2D eigenvalue weighted by atomic mass is 35.5. The zero-order valence-corrected chi connectivity index (χ0v) is 10.4. The minimum Gasteiger partial charge on any atom is -0.323 e. The number of carbonyl (C=O) groups is 1. The van der Waals surface area contributed by atoms with Crippen LogP contribution in [0, 0.1) is 5.82 Å². The van der Waals surface area contributed by atoms with Gasteiger partial charge in [0.25, 0.3) is 5.91 Å². The predicted molar refractivity (Wildman–Crippen MR) is 71.4 cm³/mol. The first kappa shape index (κ1) is 13.3. The topological polar surface area (TPSA) is 80.0 Å². The summed E-state index contributed by atoms with van der Waals surface area (Å²) in [6.07, 6.45) is 1.41. The number of amides is 1. The second-order valence-electron chi connectivity index (χ2n) is 3.69. The van der Waals surface area contributed by atoms with Gasteiger partial charge in [-0.2, -0.15) is 0 Å². The van der Waals surface area contributed by atoms with Crippen molar-refractivity contribution in [2.75, 3.05) is 10.7 Å². The molecule has 5 nitrogen and oxygen atoms in total. The van der Waals surface area contributed by atoms with Crippen LogP contribution in [0.15, 0.2) is 36.5 Å². The molecular weight excluding hydrogens is 271 g/mol. The molecule has 0 aliphatic carbocycles. The molecule has 0 aliphatic heterocycles. The van der Waals surface area contributed by atoms with Gasteiger partial charge in [-0.05, 0) is 30.3 Å². The molecule has 1 aromatic carbocycles. The summed E-state index contributed by atoms with van der Waals surface area (Å²) in [6, 6.07) is 6.85. The Morgan fingerprint density at radius 2 is 2.05 bits per heavy atom. The van der Waals surface area contributed by atoms with Crippen LogP contribution in [0.3, 0.4) is 0 Å². The number of hydrazine groups is 1. The lowest BCUT2D eigenvalue weighted by Crippen LogP contribution is -2.14. The standard InChI is InChI=1S/C12H10ClFN4O/c13-7-3-8(14)5-10(4-7)17-12(19)11-2-1-9(18-15)6-16-11/h1-6,18H,15H2,(H,17,19). The molecule has 1 heterocycles. The molecule has 98 valence electrons. The smallest absolute Gasteiger partial charge is 0.274 e. The van der Waals surface area contributed by atoms with Gasteiger partial charge in [0.2, 0.25) is 0 Å². The van der Waals surface area contributed by atoms with Crippen molar-refractivity contribution < 1.29 is 9.18 Å². The van der Waals surface area contributed by atoms with Gasteiger partial charge in [-0.1, -0.05) is 11.6 Å². The molecule has 19 heavy (non-hydrogen) atoms. The van der Waals surface area contributed by atoms with E-state index >= 15 is 0 Å². The third-order valence-electron chi connectivity index (χ3n) is 2.28. The number of pyridine rings is 1. The maximum absolute atomic E-state index is 13.1. The zero-order valence-electron chi connectivity index (χ0n) is 9.65. The minimum atomic E-state index is -0.529. The number of halogens is 2. The van der Waals surface area contributed by atoms with Gasteiger partial charge in [0, 0.05) is 10.7 Å². The average Bonchev–Trinajstić information content (AvgIpc) is 2.37. The van der Waals surface area contributed by atoms with E-state index in [2.05, 4.69) is 15.7 Å². The number of nitrogen functional groups attached to an aromatic ring is 1. The second kappa shape index (κ2) is 5.64. The van der Waals surface area contributed by atoms with E-state index < -0.39 is 11.7 Å². The van der Waals surface area contributed by atoms with Gasteiger partial charge in [-0.3, -0.25) is 10.6 Å². The lowest BCUT2D eigenvalue weighted by molar-refractivity contribution is 0.102. The van der Waals surface area contributed by atoms with E-state index in [1.807, 2.05) is 0 Å². The normalized spacial score (nSPS) is 10.1. The number of nitrogens with two attached hydrogens (primary N) is 1. The number of aromatic nitrogens is 1. The third-order valence-corrected chi connectivity index (χ3v) is 2.50. The number of hydrogen-bond donors (Lipinski definition) is 3. The van der Waals surface area contributed by atoms with Gasteiger partial charge >= 0.3 is 0 Å². The van der Waals surface area contributed by atoms with E-state index in [9.17, 15) is 9.18 Å². The Bertz CT molecular complexity index is 583. The first-order valence-corrected chi connectivity index (χ1v) is 5.66. The Morgan fingerprint density at radius 3 is 2.63 bits per heavy atom. The van der Waals surface area contributed by atoms with Crippen molar-refractivity contribution in [1.29, 1.82) is 0 Å². The van der Waals surface area contributed by atoms with Gasteiger partial charge in [-0.25, -0.2) is 9.37 Å². The summed E-state index contributed by atoms with van der Waals surface area (Å²) < 4.78 is 13.1. The molecule has 7 heteroatoms. The van der Waals surface area contributed by atoms with E-state index in [0.717, 1.165) is 6.07 Å². The molecule has 0 bridgehead atoms. The number of nitrogens with zero attached hydrogens (tertiary/aromatic N) is 1. The maximum atomic E-state index is 13.1. The second-order valence-corrected chi connectivity index (χ2v) is 4.13. The fraction of sp³-hybridized carbons (Fsp3) is 0. The highest BCUT2D eigenvalue weighted by molar-refractivity contribution is 6.31. The molecule has 1 amide bonds. The summed E-state index contributed by atoms with van der Waals surface area (Å²) in [5.41, 5.74) is 3.41. The lowest BCUT2D eigenvalue weighted by atomic mass is 10.2. The Labute approximate surface area is 113 Å². The van der Waals surface area contributed by atoms with Gasteiger partial charge in [0.05, 0.1) is 11.9 Å². The van der Waals surface area contributed by atoms with Crippen LogP contribution in [0.5, 0.6) is 0 Å². The van der Waals surface area contributed by atoms with Gasteiger partial charge < -0.3 is 10.7 Å². The van der Waals surface area contributed by atoms with Crippen molar-refractivity contribution in [3.05, 3.63) is 53.1 Å². The summed E-state index contributed by atoms with van der Waals surface area (Å²) in [4.78, 5) is 15.8. The SMILES string of the molecule is NNc1ccc(C(=O)Nc2cc(F)cc(Cl)c2)nc1. The van der Waals surface area contributed by atoms with Crippen molar-refractivity contribution >= 4 is 28.9 Å². The van der Waals surface area contributed by atoms with Crippen LogP contribution >= 0.6 is 11.6 Å². The summed E-state index contributed by atoms with van der Waals surface area (Å²) in [5, 5.41) is 2.70. The van der Waals surface area contributed by atoms with Gasteiger partial charge in [0.1, 0.15) is 11.5 Å². The zero-order chi connectivity index (χ0) is 13.8. The highest BCUT2D eigenvalue weighted by Crippen LogP contribution is 2.18. The number of benzene rings is 1. The first-order valence-electron chi connectivity index (χ1n) is 5.28.